The molecule has 0 radical (unpaired) electrons. The van der Waals surface area contributed by atoms with Crippen molar-refractivity contribution in [1.82, 2.24) is 9.88 Å². The Kier molecular flexibility index (Phi) is 6.64. The van der Waals surface area contributed by atoms with Crippen LogP contribution in [0.4, 0.5) is 29.5 Å². The van der Waals surface area contributed by atoms with Crippen LogP contribution in [0.5, 0.6) is 0 Å². The van der Waals surface area contributed by atoms with Crippen molar-refractivity contribution >= 4 is 17.5 Å². The van der Waals surface area contributed by atoms with Crippen LogP contribution in [0.2, 0.25) is 0 Å². The monoisotopic (exact) mass is 464 g/mol. The molecule has 1 aromatic heterocycles. The van der Waals surface area contributed by atoms with Gasteiger partial charge in [-0.2, -0.15) is 13.2 Å². The van der Waals surface area contributed by atoms with E-state index in [1.807, 2.05) is 19.1 Å². The summed E-state index contributed by atoms with van der Waals surface area (Å²) in [5.74, 6) is 0.140. The van der Waals surface area contributed by atoms with Gasteiger partial charge in [-0.25, -0.2) is 4.79 Å². The number of nitrogens with one attached hydrogen (secondary N) is 2. The third-order valence-electron chi connectivity index (χ3n) is 6.07. The van der Waals surface area contributed by atoms with Crippen molar-refractivity contribution in [1.29, 1.82) is 0 Å². The fourth-order valence-electron chi connectivity index (χ4n) is 4.38. The van der Waals surface area contributed by atoms with Gasteiger partial charge in [-0.05, 0) is 54.2 Å². The number of benzene rings is 1. The summed E-state index contributed by atoms with van der Waals surface area (Å²) < 4.78 is 43.3. The van der Waals surface area contributed by atoms with E-state index in [1.165, 1.54) is 11.0 Å². The maximum atomic E-state index is 12.6. The Labute approximate surface area is 189 Å². The van der Waals surface area contributed by atoms with Gasteiger partial charge in [0.15, 0.2) is 0 Å². The molecule has 0 spiro atoms. The molecule has 178 valence electrons. The molecule has 1 aromatic carbocycles. The molecular weight excluding hydrogens is 437 g/mol. The zero-order valence-corrected chi connectivity index (χ0v) is 18.4. The average molecular weight is 464 g/mol. The van der Waals surface area contributed by atoms with E-state index in [-0.39, 0.29) is 12.1 Å². The molecular formula is C23H27F3N4O3. The second-order valence-corrected chi connectivity index (χ2v) is 8.60. The first-order valence-electron chi connectivity index (χ1n) is 11.0. The molecule has 10 heteroatoms. The predicted octanol–water partition coefficient (Wildman–Crippen LogP) is 3.99. The van der Waals surface area contributed by atoms with Crippen LogP contribution in [0.25, 0.3) is 11.1 Å². The molecule has 3 heterocycles. The Morgan fingerprint density at radius 2 is 1.94 bits per heavy atom. The third kappa shape index (κ3) is 5.87. The Morgan fingerprint density at radius 1 is 1.18 bits per heavy atom. The molecule has 2 aliphatic heterocycles. The van der Waals surface area contributed by atoms with Crippen molar-refractivity contribution in [3.8, 4) is 11.1 Å². The van der Waals surface area contributed by atoms with Crippen molar-refractivity contribution in [2.75, 3.05) is 49.6 Å². The van der Waals surface area contributed by atoms with Gasteiger partial charge < -0.3 is 24.8 Å². The van der Waals surface area contributed by atoms with E-state index in [1.54, 1.807) is 12.1 Å². The number of urea groups is 1. The van der Waals surface area contributed by atoms with E-state index in [0.717, 1.165) is 16.7 Å². The van der Waals surface area contributed by atoms with Crippen LogP contribution in [0, 0.1) is 12.8 Å². The number of anilines is 2. The molecule has 0 saturated carbocycles. The standard InChI is InChI=1S/C23H27F3N4O3/c1-15-2-3-18(27-22(32)30-5-4-16(14-30)13-23(24,25)26)12-19(15)17-10-20(28-21(31)11-17)29-6-8-33-9-7-29/h2-3,10-12,16H,4-9,13-14H2,1H3,(H,27,32)(H,28,31). The molecule has 2 N–H and O–H groups in total. The largest absolute Gasteiger partial charge is 0.389 e. The smallest absolute Gasteiger partial charge is 0.378 e. The van der Waals surface area contributed by atoms with Crippen LogP contribution < -0.4 is 15.8 Å². The molecule has 2 saturated heterocycles. The number of aromatic amines is 1. The average Bonchev–Trinajstić information content (AvgIpc) is 3.22. The highest BCUT2D eigenvalue weighted by Gasteiger charge is 2.36. The SMILES string of the molecule is Cc1ccc(NC(=O)N2CCC(CC(F)(F)F)C2)cc1-c1cc(N2CCOCC2)[nH]c(=O)c1. The van der Waals surface area contributed by atoms with Gasteiger partial charge >= 0.3 is 12.2 Å². The molecule has 1 unspecified atom stereocenters. The summed E-state index contributed by atoms with van der Waals surface area (Å²) in [6.45, 7) is 4.83. The number of nitrogens with zero attached hydrogens (tertiary/aromatic N) is 2. The first kappa shape index (κ1) is 23.2. The summed E-state index contributed by atoms with van der Waals surface area (Å²) >= 11 is 0. The summed E-state index contributed by atoms with van der Waals surface area (Å²) in [5, 5.41) is 2.79. The van der Waals surface area contributed by atoms with Crippen LogP contribution >= 0.6 is 0 Å². The van der Waals surface area contributed by atoms with Crippen LogP contribution in [0.3, 0.4) is 0 Å². The van der Waals surface area contributed by atoms with Crippen molar-refractivity contribution < 1.29 is 22.7 Å². The third-order valence-corrected chi connectivity index (χ3v) is 6.07. The molecule has 0 aliphatic carbocycles. The number of hydrogen-bond donors (Lipinski definition) is 2. The van der Waals surface area contributed by atoms with Crippen molar-refractivity contribution in [3.63, 3.8) is 0 Å². The van der Waals surface area contributed by atoms with Crippen LogP contribution in [0.15, 0.2) is 35.1 Å². The highest BCUT2D eigenvalue weighted by molar-refractivity contribution is 5.90. The minimum atomic E-state index is -4.23. The van der Waals surface area contributed by atoms with Gasteiger partial charge in [0.1, 0.15) is 5.82 Å². The van der Waals surface area contributed by atoms with E-state index in [9.17, 15) is 22.8 Å². The molecule has 4 rings (SSSR count). The van der Waals surface area contributed by atoms with Gasteiger partial charge in [-0.15, -0.1) is 0 Å². The van der Waals surface area contributed by atoms with Crippen LogP contribution in [-0.4, -0.2) is 61.5 Å². The van der Waals surface area contributed by atoms with E-state index in [2.05, 4.69) is 15.2 Å². The fourth-order valence-corrected chi connectivity index (χ4v) is 4.38. The minimum Gasteiger partial charge on any atom is -0.378 e. The molecule has 2 fully saturated rings. The van der Waals surface area contributed by atoms with E-state index >= 15 is 0 Å². The van der Waals surface area contributed by atoms with Gasteiger partial charge in [-0.1, -0.05) is 6.07 Å². The van der Waals surface area contributed by atoms with Crippen molar-refractivity contribution in [2.24, 2.45) is 5.92 Å². The van der Waals surface area contributed by atoms with E-state index in [0.29, 0.717) is 50.8 Å². The Bertz CT molecular complexity index is 1060. The van der Waals surface area contributed by atoms with Crippen LogP contribution in [0.1, 0.15) is 18.4 Å². The number of aryl methyl sites for hydroxylation is 1. The first-order chi connectivity index (χ1) is 15.7. The normalized spacial score (nSPS) is 19.1. The summed E-state index contributed by atoms with van der Waals surface area (Å²) in [6.07, 6.45) is -4.76. The molecule has 0 bridgehead atoms. The molecule has 33 heavy (non-hydrogen) atoms. The summed E-state index contributed by atoms with van der Waals surface area (Å²) in [7, 11) is 0. The number of aromatic nitrogens is 1. The van der Waals surface area contributed by atoms with Gasteiger partial charge in [0.25, 0.3) is 0 Å². The number of H-pyrrole nitrogens is 1. The maximum Gasteiger partial charge on any atom is 0.389 e. The van der Waals surface area contributed by atoms with Crippen molar-refractivity contribution in [3.05, 3.63) is 46.2 Å². The fraction of sp³-hybridized carbons (Fsp3) is 0.478. The Hall–Kier alpha value is -3.01. The topological polar surface area (TPSA) is 77.7 Å². The lowest BCUT2D eigenvalue weighted by atomic mass is 10.0. The number of pyridine rings is 1. The lowest BCUT2D eigenvalue weighted by Crippen LogP contribution is -2.37. The number of alkyl halides is 3. The number of hydrogen-bond acceptors (Lipinski definition) is 4. The van der Waals surface area contributed by atoms with E-state index < -0.39 is 24.5 Å². The number of likely N-dealkylation sites (tertiary alicyclic amines) is 1. The summed E-state index contributed by atoms with van der Waals surface area (Å²) in [4.78, 5) is 31.3. The lowest BCUT2D eigenvalue weighted by Gasteiger charge is -2.28. The second-order valence-electron chi connectivity index (χ2n) is 8.60. The number of ether oxygens (including phenoxy) is 1. The molecule has 7 nitrogen and oxygen atoms in total. The predicted molar refractivity (Wildman–Crippen MR) is 120 cm³/mol. The van der Waals surface area contributed by atoms with E-state index in [4.69, 9.17) is 4.74 Å². The number of carbonyl (C=O) groups is 1. The molecule has 2 amide bonds. The molecule has 2 aromatic rings. The quantitative estimate of drug-likeness (QED) is 0.717. The van der Waals surface area contributed by atoms with Gasteiger partial charge in [0.05, 0.1) is 13.2 Å². The van der Waals surface area contributed by atoms with Gasteiger partial charge in [-0.3, -0.25) is 4.79 Å². The van der Waals surface area contributed by atoms with Crippen LogP contribution in [-0.2, 0) is 4.74 Å². The highest BCUT2D eigenvalue weighted by atomic mass is 19.4. The molecule has 2 aliphatic rings. The van der Waals surface area contributed by atoms with Gasteiger partial charge in [0.2, 0.25) is 5.56 Å². The first-order valence-corrected chi connectivity index (χ1v) is 11.0. The lowest BCUT2D eigenvalue weighted by molar-refractivity contribution is -0.143. The molecule has 1 atom stereocenters. The zero-order valence-electron chi connectivity index (χ0n) is 18.4. The summed E-state index contributed by atoms with van der Waals surface area (Å²) in [5.41, 5.74) is 2.74. The number of morpholine rings is 1. The maximum absolute atomic E-state index is 12.6. The number of amides is 2. The highest BCUT2D eigenvalue weighted by Crippen LogP contribution is 2.31. The summed E-state index contributed by atoms with van der Waals surface area (Å²) in [6, 6.07) is 8.37. The number of rotatable bonds is 4. The minimum absolute atomic E-state index is 0.0844. The number of halogens is 3. The Morgan fingerprint density at radius 3 is 2.67 bits per heavy atom. The number of carbonyl (C=O) groups excluding carboxylic acids is 1. The zero-order chi connectivity index (χ0) is 23.6. The second kappa shape index (κ2) is 9.46. The van der Waals surface area contributed by atoms with Crippen molar-refractivity contribution in [2.45, 2.75) is 25.9 Å². The van der Waals surface area contributed by atoms with Gasteiger partial charge in [0, 0.05) is 44.4 Å². The Balaban J connectivity index is 1.50.